The van der Waals surface area contributed by atoms with Crippen LogP contribution < -0.4 is 4.90 Å². The molecule has 0 amide bonds. The number of phenolic OH excluding ortho intramolecular Hbond substituents is 1. The largest absolute Gasteiger partial charge is 0.508 e. The maximum Gasteiger partial charge on any atom is 0.194 e. The number of aryl methyl sites for hydroxylation is 1. The van der Waals surface area contributed by atoms with E-state index in [0.717, 1.165) is 22.1 Å². The molecular formula is C14H12N2OS2. The molecule has 0 spiro atoms. The fraction of sp³-hybridized carbons (Fsp3) is 0.0714. The number of anilines is 3. The molecule has 0 aliphatic heterocycles. The third-order valence-electron chi connectivity index (χ3n) is 2.80. The number of thiazole rings is 1. The number of phenols is 1. The lowest BCUT2D eigenvalue weighted by Crippen LogP contribution is -2.09. The average Bonchev–Trinajstić information content (AvgIpc) is 3.06. The van der Waals surface area contributed by atoms with Gasteiger partial charge in [0.05, 0.1) is 11.4 Å². The molecule has 0 fully saturated rings. The van der Waals surface area contributed by atoms with Gasteiger partial charge in [-0.25, -0.2) is 4.98 Å². The third-order valence-corrected chi connectivity index (χ3v) is 4.22. The zero-order chi connectivity index (χ0) is 13.2. The van der Waals surface area contributed by atoms with Gasteiger partial charge in [0.25, 0.3) is 0 Å². The SMILES string of the molecule is Cc1cc(O)ccc1N(c1ccsc1)c1nccs1. The predicted molar refractivity (Wildman–Crippen MR) is 81.1 cm³/mol. The van der Waals surface area contributed by atoms with Crippen LogP contribution >= 0.6 is 22.7 Å². The number of benzene rings is 1. The van der Waals surface area contributed by atoms with Crippen molar-refractivity contribution in [2.24, 2.45) is 0 Å². The van der Waals surface area contributed by atoms with E-state index < -0.39 is 0 Å². The van der Waals surface area contributed by atoms with Crippen molar-refractivity contribution in [3.05, 3.63) is 52.2 Å². The van der Waals surface area contributed by atoms with Gasteiger partial charge in [0, 0.05) is 17.0 Å². The van der Waals surface area contributed by atoms with Crippen molar-refractivity contribution >= 4 is 39.2 Å². The molecule has 0 saturated heterocycles. The van der Waals surface area contributed by atoms with Gasteiger partial charge in [-0.2, -0.15) is 11.3 Å². The van der Waals surface area contributed by atoms with Crippen LogP contribution in [0.3, 0.4) is 0 Å². The minimum absolute atomic E-state index is 0.283. The summed E-state index contributed by atoms with van der Waals surface area (Å²) in [6, 6.07) is 7.46. The minimum Gasteiger partial charge on any atom is -0.508 e. The molecule has 3 rings (SSSR count). The van der Waals surface area contributed by atoms with E-state index >= 15 is 0 Å². The van der Waals surface area contributed by atoms with Crippen LogP contribution in [-0.2, 0) is 0 Å². The Morgan fingerprint density at radius 3 is 2.74 bits per heavy atom. The Labute approximate surface area is 119 Å². The van der Waals surface area contributed by atoms with Crippen LogP contribution in [0.2, 0.25) is 0 Å². The topological polar surface area (TPSA) is 36.4 Å². The molecule has 3 nitrogen and oxygen atoms in total. The fourth-order valence-electron chi connectivity index (χ4n) is 1.95. The highest BCUT2D eigenvalue weighted by Gasteiger charge is 2.16. The normalized spacial score (nSPS) is 10.6. The number of thiophene rings is 1. The average molecular weight is 288 g/mol. The molecule has 5 heteroatoms. The first-order chi connectivity index (χ1) is 9.25. The summed E-state index contributed by atoms with van der Waals surface area (Å²) < 4.78 is 0. The molecule has 0 bridgehead atoms. The monoisotopic (exact) mass is 288 g/mol. The molecule has 0 radical (unpaired) electrons. The van der Waals surface area contributed by atoms with Gasteiger partial charge < -0.3 is 5.11 Å². The number of nitrogens with zero attached hydrogens (tertiary/aromatic N) is 2. The van der Waals surface area contributed by atoms with Gasteiger partial charge >= 0.3 is 0 Å². The fourth-order valence-corrected chi connectivity index (χ4v) is 3.25. The van der Waals surface area contributed by atoms with E-state index in [1.54, 1.807) is 41.0 Å². The van der Waals surface area contributed by atoms with Crippen molar-refractivity contribution in [1.29, 1.82) is 0 Å². The van der Waals surface area contributed by atoms with Crippen molar-refractivity contribution in [2.45, 2.75) is 6.92 Å². The molecule has 19 heavy (non-hydrogen) atoms. The quantitative estimate of drug-likeness (QED) is 0.759. The Balaban J connectivity index is 2.14. The van der Waals surface area contributed by atoms with Gasteiger partial charge in [-0.3, -0.25) is 4.90 Å². The number of rotatable bonds is 3. The van der Waals surface area contributed by atoms with Crippen LogP contribution in [0.15, 0.2) is 46.6 Å². The Morgan fingerprint density at radius 2 is 2.11 bits per heavy atom. The van der Waals surface area contributed by atoms with E-state index in [0.29, 0.717) is 0 Å². The maximum atomic E-state index is 9.55. The van der Waals surface area contributed by atoms with Gasteiger partial charge in [-0.05, 0) is 42.1 Å². The molecule has 3 aromatic rings. The standard InChI is InChI=1S/C14H12N2OS2/c1-10-8-12(17)2-3-13(10)16(11-4-6-18-9-11)14-15-5-7-19-14/h2-9,17H,1H3. The zero-order valence-electron chi connectivity index (χ0n) is 10.3. The van der Waals surface area contributed by atoms with Crippen molar-refractivity contribution in [1.82, 2.24) is 4.98 Å². The summed E-state index contributed by atoms with van der Waals surface area (Å²) in [6.07, 6.45) is 1.80. The van der Waals surface area contributed by atoms with Gasteiger partial charge in [0.1, 0.15) is 5.75 Å². The van der Waals surface area contributed by atoms with E-state index in [1.807, 2.05) is 23.8 Å². The van der Waals surface area contributed by atoms with Gasteiger partial charge in [-0.15, -0.1) is 11.3 Å². The lowest BCUT2D eigenvalue weighted by atomic mass is 10.1. The maximum absolute atomic E-state index is 9.55. The van der Waals surface area contributed by atoms with E-state index in [4.69, 9.17) is 0 Å². The first kappa shape index (κ1) is 12.2. The lowest BCUT2D eigenvalue weighted by Gasteiger charge is -2.22. The number of aromatic nitrogens is 1. The van der Waals surface area contributed by atoms with Crippen molar-refractivity contribution in [3.63, 3.8) is 0 Å². The summed E-state index contributed by atoms with van der Waals surface area (Å²) in [5.41, 5.74) is 3.14. The first-order valence-corrected chi connectivity index (χ1v) is 7.59. The molecule has 2 aromatic heterocycles. The summed E-state index contributed by atoms with van der Waals surface area (Å²) in [5, 5.41) is 16.6. The number of aromatic hydroxyl groups is 1. The Morgan fingerprint density at radius 1 is 1.21 bits per heavy atom. The van der Waals surface area contributed by atoms with Crippen molar-refractivity contribution < 1.29 is 5.11 Å². The van der Waals surface area contributed by atoms with Crippen LogP contribution in [0.5, 0.6) is 5.75 Å². The third kappa shape index (κ3) is 2.34. The summed E-state index contributed by atoms with van der Waals surface area (Å²) in [4.78, 5) is 6.51. The van der Waals surface area contributed by atoms with Gasteiger partial charge in [-0.1, -0.05) is 0 Å². The summed E-state index contributed by atoms with van der Waals surface area (Å²) in [6.45, 7) is 1.99. The molecule has 96 valence electrons. The number of hydrogen-bond acceptors (Lipinski definition) is 5. The predicted octanol–water partition coefficient (Wildman–Crippen LogP) is 4.69. The van der Waals surface area contributed by atoms with Gasteiger partial charge in [0.2, 0.25) is 0 Å². The van der Waals surface area contributed by atoms with E-state index in [9.17, 15) is 5.11 Å². The van der Waals surface area contributed by atoms with Crippen LogP contribution in [-0.4, -0.2) is 10.1 Å². The van der Waals surface area contributed by atoms with E-state index in [-0.39, 0.29) is 5.75 Å². The lowest BCUT2D eigenvalue weighted by molar-refractivity contribution is 0.475. The molecule has 0 unspecified atom stereocenters. The molecule has 0 aliphatic carbocycles. The second-order valence-corrected chi connectivity index (χ2v) is 5.76. The van der Waals surface area contributed by atoms with Crippen molar-refractivity contribution in [3.8, 4) is 5.75 Å². The first-order valence-electron chi connectivity index (χ1n) is 5.77. The Bertz CT molecular complexity index is 629. The summed E-state index contributed by atoms with van der Waals surface area (Å²) >= 11 is 3.25. The van der Waals surface area contributed by atoms with E-state index in [1.165, 1.54) is 0 Å². The molecule has 0 aliphatic rings. The van der Waals surface area contributed by atoms with Crippen LogP contribution in [0, 0.1) is 6.92 Å². The second kappa shape index (κ2) is 5.03. The van der Waals surface area contributed by atoms with Crippen LogP contribution in [0.25, 0.3) is 0 Å². The summed E-state index contributed by atoms with van der Waals surface area (Å²) in [7, 11) is 0. The highest BCUT2D eigenvalue weighted by atomic mass is 32.1. The zero-order valence-corrected chi connectivity index (χ0v) is 11.9. The molecule has 1 N–H and O–H groups in total. The highest BCUT2D eigenvalue weighted by molar-refractivity contribution is 7.13. The second-order valence-electron chi connectivity index (χ2n) is 4.10. The smallest absolute Gasteiger partial charge is 0.194 e. The Hall–Kier alpha value is -1.85. The highest BCUT2D eigenvalue weighted by Crippen LogP contribution is 2.39. The molecular weight excluding hydrogens is 276 g/mol. The molecule has 2 heterocycles. The molecule has 0 saturated carbocycles. The van der Waals surface area contributed by atoms with E-state index in [2.05, 4.69) is 21.3 Å². The minimum atomic E-state index is 0.283. The Kier molecular flexibility index (Phi) is 3.23. The number of hydrogen-bond donors (Lipinski definition) is 1. The van der Waals surface area contributed by atoms with Crippen LogP contribution in [0.1, 0.15) is 5.56 Å². The molecule has 1 aromatic carbocycles. The van der Waals surface area contributed by atoms with Gasteiger partial charge in [0.15, 0.2) is 5.13 Å². The summed E-state index contributed by atoms with van der Waals surface area (Å²) in [5.74, 6) is 0.283. The van der Waals surface area contributed by atoms with Crippen molar-refractivity contribution in [2.75, 3.05) is 4.90 Å². The molecule has 0 atom stereocenters. The van der Waals surface area contributed by atoms with Crippen LogP contribution in [0.4, 0.5) is 16.5 Å².